The SMILES string of the molecule is CCCCC(O)C1(O)OC[C@@H](O)[C@](O)(Br)[C@@H]1O. The molecule has 0 radical (unpaired) electrons. The van der Waals surface area contributed by atoms with Crippen molar-refractivity contribution in [1.82, 2.24) is 0 Å². The summed E-state index contributed by atoms with van der Waals surface area (Å²) in [5.41, 5.74) is 0. The van der Waals surface area contributed by atoms with E-state index in [1.807, 2.05) is 6.92 Å². The molecule has 1 aliphatic rings. The van der Waals surface area contributed by atoms with Crippen LogP contribution in [0.4, 0.5) is 0 Å². The van der Waals surface area contributed by atoms with Gasteiger partial charge in [-0.3, -0.25) is 0 Å². The maximum atomic E-state index is 10.1. The van der Waals surface area contributed by atoms with E-state index in [2.05, 4.69) is 15.9 Å². The second kappa shape index (κ2) is 5.48. The van der Waals surface area contributed by atoms with Crippen LogP contribution in [0.1, 0.15) is 26.2 Å². The van der Waals surface area contributed by atoms with Gasteiger partial charge >= 0.3 is 0 Å². The van der Waals surface area contributed by atoms with E-state index < -0.39 is 35.2 Å². The third-order valence-electron chi connectivity index (χ3n) is 3.02. The molecule has 0 amide bonds. The summed E-state index contributed by atoms with van der Waals surface area (Å²) in [4.78, 5) is 0. The largest absolute Gasteiger partial charge is 0.387 e. The number of ether oxygens (including phenoxy) is 1. The Morgan fingerprint density at radius 2 is 2.00 bits per heavy atom. The summed E-state index contributed by atoms with van der Waals surface area (Å²) in [6.07, 6.45) is -2.91. The fourth-order valence-electron chi connectivity index (χ4n) is 1.76. The normalized spacial score (nSPS) is 44.6. The molecule has 0 aliphatic carbocycles. The van der Waals surface area contributed by atoms with E-state index in [4.69, 9.17) is 4.74 Å². The summed E-state index contributed by atoms with van der Waals surface area (Å²) in [7, 11) is 0. The number of alkyl halides is 1. The Morgan fingerprint density at radius 1 is 1.41 bits per heavy atom. The number of aliphatic hydroxyl groups excluding tert-OH is 3. The van der Waals surface area contributed by atoms with Crippen LogP contribution in [-0.4, -0.2) is 60.7 Å². The molecule has 0 spiro atoms. The van der Waals surface area contributed by atoms with Crippen molar-refractivity contribution in [2.24, 2.45) is 0 Å². The quantitative estimate of drug-likeness (QED) is 0.428. The molecule has 6 nitrogen and oxygen atoms in total. The molecule has 1 aliphatic heterocycles. The topological polar surface area (TPSA) is 110 Å². The third kappa shape index (κ3) is 2.81. The number of aliphatic hydroxyl groups is 5. The zero-order chi connectivity index (χ0) is 13.3. The molecule has 0 bridgehead atoms. The van der Waals surface area contributed by atoms with Gasteiger partial charge in [0.2, 0.25) is 5.79 Å². The average Bonchev–Trinajstić information content (AvgIpc) is 2.29. The number of halogens is 1. The molecule has 0 saturated carbocycles. The lowest BCUT2D eigenvalue weighted by atomic mass is 9.90. The summed E-state index contributed by atoms with van der Waals surface area (Å²) >= 11 is 2.74. The van der Waals surface area contributed by atoms with Crippen LogP contribution in [-0.2, 0) is 4.74 Å². The molecule has 17 heavy (non-hydrogen) atoms. The van der Waals surface area contributed by atoms with Crippen LogP contribution in [0.15, 0.2) is 0 Å². The molecule has 7 heteroatoms. The Kier molecular flexibility index (Phi) is 4.93. The fraction of sp³-hybridized carbons (Fsp3) is 1.00. The van der Waals surface area contributed by atoms with Gasteiger partial charge in [0, 0.05) is 0 Å². The van der Waals surface area contributed by atoms with Gasteiger partial charge in [-0.25, -0.2) is 0 Å². The highest BCUT2D eigenvalue weighted by atomic mass is 79.9. The van der Waals surface area contributed by atoms with Crippen molar-refractivity contribution in [3.8, 4) is 0 Å². The van der Waals surface area contributed by atoms with Crippen molar-refractivity contribution in [1.29, 1.82) is 0 Å². The zero-order valence-electron chi connectivity index (χ0n) is 9.58. The predicted octanol–water partition coefficient (Wildman–Crippen LogP) is -0.938. The number of hydrogen-bond acceptors (Lipinski definition) is 6. The highest BCUT2D eigenvalue weighted by Crippen LogP contribution is 2.38. The van der Waals surface area contributed by atoms with Crippen molar-refractivity contribution in [3.05, 3.63) is 0 Å². The first-order valence-electron chi connectivity index (χ1n) is 5.58. The lowest BCUT2D eigenvalue weighted by Gasteiger charge is -2.47. The summed E-state index contributed by atoms with van der Waals surface area (Å²) in [5.74, 6) is -2.29. The van der Waals surface area contributed by atoms with E-state index in [-0.39, 0.29) is 6.42 Å². The Bertz CT molecular complexity index is 261. The highest BCUT2D eigenvalue weighted by molar-refractivity contribution is 9.10. The summed E-state index contributed by atoms with van der Waals surface area (Å²) in [6, 6.07) is 0. The van der Waals surface area contributed by atoms with Crippen molar-refractivity contribution in [3.63, 3.8) is 0 Å². The maximum Gasteiger partial charge on any atom is 0.222 e. The van der Waals surface area contributed by atoms with E-state index in [1.165, 1.54) is 0 Å². The maximum absolute atomic E-state index is 10.1. The van der Waals surface area contributed by atoms with Gasteiger partial charge < -0.3 is 30.3 Å². The Hall–Kier alpha value is 0.240. The van der Waals surface area contributed by atoms with Gasteiger partial charge in [-0.05, 0) is 22.4 Å². The van der Waals surface area contributed by atoms with Crippen molar-refractivity contribution in [2.75, 3.05) is 6.61 Å². The Morgan fingerprint density at radius 3 is 2.53 bits per heavy atom. The molecule has 0 aromatic carbocycles. The second-order valence-electron chi connectivity index (χ2n) is 4.37. The zero-order valence-corrected chi connectivity index (χ0v) is 11.2. The molecule has 1 rings (SSSR count). The highest BCUT2D eigenvalue weighted by Gasteiger charge is 2.59. The van der Waals surface area contributed by atoms with E-state index in [1.54, 1.807) is 0 Å². The minimum atomic E-state index is -2.29. The van der Waals surface area contributed by atoms with Crippen LogP contribution in [0.5, 0.6) is 0 Å². The van der Waals surface area contributed by atoms with Gasteiger partial charge in [-0.1, -0.05) is 19.8 Å². The molecule has 5 atom stereocenters. The molecule has 1 saturated heterocycles. The number of hydrogen-bond donors (Lipinski definition) is 5. The van der Waals surface area contributed by atoms with E-state index in [0.29, 0.717) is 6.42 Å². The van der Waals surface area contributed by atoms with Crippen molar-refractivity contribution in [2.45, 2.75) is 54.8 Å². The van der Waals surface area contributed by atoms with Crippen LogP contribution in [0, 0.1) is 0 Å². The standard InChI is InChI=1S/C10H19BrO6/c1-2-3-4-6(12)10(16)8(14)9(11,15)7(13)5-17-10/h6-8,12-16H,2-5H2,1H3/t6?,7-,8+,9-,10?/m1/s1. The minimum absolute atomic E-state index is 0.225. The van der Waals surface area contributed by atoms with Gasteiger partial charge in [0.1, 0.15) is 12.2 Å². The molecule has 1 heterocycles. The smallest absolute Gasteiger partial charge is 0.222 e. The van der Waals surface area contributed by atoms with Gasteiger partial charge in [0.25, 0.3) is 0 Å². The van der Waals surface area contributed by atoms with Gasteiger partial charge in [-0.15, -0.1) is 0 Å². The molecule has 0 aromatic heterocycles. The molecule has 2 unspecified atom stereocenters. The summed E-state index contributed by atoms with van der Waals surface area (Å²) in [6.45, 7) is 1.53. The van der Waals surface area contributed by atoms with Crippen LogP contribution >= 0.6 is 15.9 Å². The molecule has 0 aromatic rings. The van der Waals surface area contributed by atoms with Gasteiger partial charge in [0.05, 0.1) is 6.61 Å². The van der Waals surface area contributed by atoms with E-state index >= 15 is 0 Å². The fourth-order valence-corrected chi connectivity index (χ4v) is 2.22. The van der Waals surface area contributed by atoms with Crippen LogP contribution < -0.4 is 0 Å². The Labute approximate surface area is 108 Å². The van der Waals surface area contributed by atoms with Crippen molar-refractivity contribution >= 4 is 15.9 Å². The summed E-state index contributed by atoms with van der Waals surface area (Å²) < 4.78 is 2.80. The predicted molar refractivity (Wildman–Crippen MR) is 62.3 cm³/mol. The monoisotopic (exact) mass is 314 g/mol. The average molecular weight is 315 g/mol. The molecule has 5 N–H and O–H groups in total. The van der Waals surface area contributed by atoms with Crippen LogP contribution in [0.25, 0.3) is 0 Å². The lowest BCUT2D eigenvalue weighted by molar-refractivity contribution is -0.357. The van der Waals surface area contributed by atoms with E-state index in [9.17, 15) is 25.5 Å². The first kappa shape index (κ1) is 15.3. The minimum Gasteiger partial charge on any atom is -0.387 e. The van der Waals surface area contributed by atoms with E-state index in [0.717, 1.165) is 6.42 Å². The first-order chi connectivity index (χ1) is 7.76. The van der Waals surface area contributed by atoms with Crippen molar-refractivity contribution < 1.29 is 30.3 Å². The van der Waals surface area contributed by atoms with Gasteiger partial charge in [0.15, 0.2) is 10.6 Å². The van der Waals surface area contributed by atoms with Crippen LogP contribution in [0.3, 0.4) is 0 Å². The first-order valence-corrected chi connectivity index (χ1v) is 6.37. The third-order valence-corrected chi connectivity index (χ3v) is 3.99. The van der Waals surface area contributed by atoms with Crippen LogP contribution in [0.2, 0.25) is 0 Å². The molecule has 102 valence electrons. The lowest BCUT2D eigenvalue weighted by Crippen LogP contribution is -2.69. The van der Waals surface area contributed by atoms with Gasteiger partial charge in [-0.2, -0.15) is 0 Å². The molecular formula is C10H19BrO6. The number of unbranched alkanes of at least 4 members (excludes halogenated alkanes) is 1. The summed E-state index contributed by atoms with van der Waals surface area (Å²) in [5, 5.41) is 48.9. The Balaban J connectivity index is 2.81. The molecular weight excluding hydrogens is 296 g/mol. The number of rotatable bonds is 4. The second-order valence-corrected chi connectivity index (χ2v) is 5.64. The molecule has 1 fully saturated rings.